The quantitative estimate of drug-likeness (QED) is 0.806. The van der Waals surface area contributed by atoms with E-state index < -0.39 is 0 Å². The lowest BCUT2D eigenvalue weighted by Gasteiger charge is -2.20. The third-order valence-corrected chi connectivity index (χ3v) is 4.76. The number of halogens is 1. The van der Waals surface area contributed by atoms with Crippen molar-refractivity contribution in [2.24, 2.45) is 5.92 Å². The minimum Gasteiger partial charge on any atom is -0.339 e. The molecule has 1 aliphatic rings. The highest BCUT2D eigenvalue weighted by molar-refractivity contribution is 6.30. The van der Waals surface area contributed by atoms with E-state index in [9.17, 15) is 14.4 Å². The van der Waals surface area contributed by atoms with Gasteiger partial charge in [0.1, 0.15) is 5.82 Å². The highest BCUT2D eigenvalue weighted by Gasteiger charge is 2.35. The number of nitrogens with zero attached hydrogens (tertiary/aromatic N) is 2. The van der Waals surface area contributed by atoms with Crippen molar-refractivity contribution in [2.75, 3.05) is 17.2 Å². The molecule has 1 aromatic heterocycles. The van der Waals surface area contributed by atoms with Crippen molar-refractivity contribution in [2.45, 2.75) is 26.3 Å². The molecule has 2 heterocycles. The Morgan fingerprint density at radius 1 is 1.14 bits per heavy atom. The number of aromatic nitrogens is 1. The number of pyridine rings is 1. The molecular formula is C20H21ClN4O3. The maximum Gasteiger partial charge on any atom is 0.256 e. The molecule has 1 fully saturated rings. The van der Waals surface area contributed by atoms with Crippen molar-refractivity contribution < 1.29 is 14.4 Å². The van der Waals surface area contributed by atoms with Gasteiger partial charge in [0.15, 0.2) is 0 Å². The molecule has 2 aromatic rings. The minimum atomic E-state index is -0.367. The van der Waals surface area contributed by atoms with Crippen LogP contribution in [0.3, 0.4) is 0 Å². The summed E-state index contributed by atoms with van der Waals surface area (Å²) in [5, 5.41) is 5.97. The second-order valence-corrected chi connectivity index (χ2v) is 7.36. The fraction of sp³-hybridized carbons (Fsp3) is 0.300. The topological polar surface area (TPSA) is 91.4 Å². The minimum absolute atomic E-state index is 0.00187. The van der Waals surface area contributed by atoms with Crippen LogP contribution in [0.1, 0.15) is 30.6 Å². The van der Waals surface area contributed by atoms with E-state index in [0.29, 0.717) is 28.6 Å². The molecule has 146 valence electrons. The monoisotopic (exact) mass is 400 g/mol. The van der Waals surface area contributed by atoms with E-state index in [2.05, 4.69) is 15.6 Å². The van der Waals surface area contributed by atoms with Crippen molar-refractivity contribution >= 4 is 40.8 Å². The standard InChI is InChI=1S/C20H21ClN4O3/c1-12(2)25-11-14(9-18(25)26)20(28)23-16-6-3-13(4-7-16)19(27)24-17-8-5-15(21)10-22-17/h3-8,10,12,14H,9,11H2,1-2H3,(H,23,28)(H,22,24,27). The maximum absolute atomic E-state index is 12.4. The Kier molecular flexibility index (Phi) is 5.94. The summed E-state index contributed by atoms with van der Waals surface area (Å²) in [4.78, 5) is 42.4. The maximum atomic E-state index is 12.4. The first-order chi connectivity index (χ1) is 13.3. The molecule has 0 radical (unpaired) electrons. The van der Waals surface area contributed by atoms with Crippen LogP contribution in [-0.2, 0) is 9.59 Å². The van der Waals surface area contributed by atoms with Gasteiger partial charge in [0, 0.05) is 36.5 Å². The second kappa shape index (κ2) is 8.39. The summed E-state index contributed by atoms with van der Waals surface area (Å²) in [6.45, 7) is 4.29. The zero-order chi connectivity index (χ0) is 20.3. The number of benzene rings is 1. The third kappa shape index (κ3) is 4.67. The van der Waals surface area contributed by atoms with Crippen LogP contribution in [0, 0.1) is 5.92 Å². The Labute approximate surface area is 168 Å². The summed E-state index contributed by atoms with van der Waals surface area (Å²) in [5.74, 6) is -0.486. The molecule has 28 heavy (non-hydrogen) atoms. The smallest absolute Gasteiger partial charge is 0.256 e. The Bertz CT molecular complexity index is 881. The summed E-state index contributed by atoms with van der Waals surface area (Å²) in [6.07, 6.45) is 1.67. The predicted molar refractivity (Wildman–Crippen MR) is 107 cm³/mol. The van der Waals surface area contributed by atoms with Crippen molar-refractivity contribution in [3.05, 3.63) is 53.2 Å². The number of likely N-dealkylation sites (tertiary alicyclic amines) is 1. The van der Waals surface area contributed by atoms with Crippen LogP contribution in [0.25, 0.3) is 0 Å². The largest absolute Gasteiger partial charge is 0.339 e. The number of carbonyl (C=O) groups is 3. The van der Waals surface area contributed by atoms with E-state index in [1.54, 1.807) is 41.3 Å². The molecule has 2 N–H and O–H groups in total. The van der Waals surface area contributed by atoms with E-state index in [0.717, 1.165) is 0 Å². The molecule has 0 bridgehead atoms. The van der Waals surface area contributed by atoms with Crippen molar-refractivity contribution in [1.82, 2.24) is 9.88 Å². The highest BCUT2D eigenvalue weighted by atomic mass is 35.5. The lowest BCUT2D eigenvalue weighted by Crippen LogP contribution is -2.33. The van der Waals surface area contributed by atoms with Gasteiger partial charge in [-0.2, -0.15) is 0 Å². The van der Waals surface area contributed by atoms with Gasteiger partial charge < -0.3 is 15.5 Å². The molecule has 7 nitrogen and oxygen atoms in total. The number of rotatable bonds is 5. The number of nitrogens with one attached hydrogen (secondary N) is 2. The normalized spacial score (nSPS) is 16.4. The van der Waals surface area contributed by atoms with Crippen LogP contribution in [0.2, 0.25) is 5.02 Å². The van der Waals surface area contributed by atoms with E-state index in [1.165, 1.54) is 6.20 Å². The van der Waals surface area contributed by atoms with Gasteiger partial charge in [-0.1, -0.05) is 11.6 Å². The Hall–Kier alpha value is -2.93. The van der Waals surface area contributed by atoms with Gasteiger partial charge >= 0.3 is 0 Å². The number of anilines is 2. The molecule has 1 aliphatic heterocycles. The van der Waals surface area contributed by atoms with Crippen LogP contribution in [-0.4, -0.2) is 40.2 Å². The Balaban J connectivity index is 1.58. The zero-order valence-corrected chi connectivity index (χ0v) is 16.4. The molecule has 1 aromatic carbocycles. The van der Waals surface area contributed by atoms with Gasteiger partial charge in [-0.15, -0.1) is 0 Å². The number of hydrogen-bond acceptors (Lipinski definition) is 4. The van der Waals surface area contributed by atoms with E-state index >= 15 is 0 Å². The van der Waals surface area contributed by atoms with Crippen LogP contribution in [0.4, 0.5) is 11.5 Å². The van der Waals surface area contributed by atoms with Crippen LogP contribution >= 0.6 is 11.6 Å². The fourth-order valence-electron chi connectivity index (χ4n) is 2.99. The van der Waals surface area contributed by atoms with E-state index in [-0.39, 0.29) is 36.1 Å². The van der Waals surface area contributed by atoms with Gasteiger partial charge in [0.2, 0.25) is 11.8 Å². The molecule has 3 rings (SSSR count). The first-order valence-corrected chi connectivity index (χ1v) is 9.34. The molecule has 1 unspecified atom stereocenters. The van der Waals surface area contributed by atoms with Crippen LogP contribution < -0.4 is 10.6 Å². The summed E-state index contributed by atoms with van der Waals surface area (Å²) in [7, 11) is 0. The summed E-state index contributed by atoms with van der Waals surface area (Å²) in [5.41, 5.74) is 0.999. The Morgan fingerprint density at radius 2 is 1.86 bits per heavy atom. The fourth-order valence-corrected chi connectivity index (χ4v) is 3.11. The molecule has 8 heteroatoms. The van der Waals surface area contributed by atoms with Crippen molar-refractivity contribution in [3.8, 4) is 0 Å². The van der Waals surface area contributed by atoms with Crippen LogP contribution in [0.5, 0.6) is 0 Å². The highest BCUT2D eigenvalue weighted by Crippen LogP contribution is 2.22. The Morgan fingerprint density at radius 3 is 2.43 bits per heavy atom. The number of carbonyl (C=O) groups excluding carboxylic acids is 3. The van der Waals surface area contributed by atoms with Gasteiger partial charge in [0.25, 0.3) is 5.91 Å². The molecule has 0 aliphatic carbocycles. The first kappa shape index (κ1) is 19.8. The van der Waals surface area contributed by atoms with Crippen LogP contribution in [0.15, 0.2) is 42.6 Å². The summed E-state index contributed by atoms with van der Waals surface area (Å²) in [6, 6.07) is 9.86. The molecule has 1 saturated heterocycles. The van der Waals surface area contributed by atoms with E-state index in [1.807, 2.05) is 13.8 Å². The average Bonchev–Trinajstić information content (AvgIpc) is 3.06. The van der Waals surface area contributed by atoms with Crippen molar-refractivity contribution in [1.29, 1.82) is 0 Å². The predicted octanol–water partition coefficient (Wildman–Crippen LogP) is 3.18. The molecule has 1 atom stereocenters. The third-order valence-electron chi connectivity index (χ3n) is 4.54. The molecule has 0 spiro atoms. The molecular weight excluding hydrogens is 380 g/mol. The van der Waals surface area contributed by atoms with Gasteiger partial charge in [-0.3, -0.25) is 14.4 Å². The van der Waals surface area contributed by atoms with Gasteiger partial charge in [0.05, 0.1) is 10.9 Å². The SMILES string of the molecule is CC(C)N1CC(C(=O)Nc2ccc(C(=O)Nc3ccc(Cl)cn3)cc2)CC1=O. The molecule has 3 amide bonds. The van der Waals surface area contributed by atoms with Crippen molar-refractivity contribution in [3.63, 3.8) is 0 Å². The zero-order valence-electron chi connectivity index (χ0n) is 15.6. The van der Waals surface area contributed by atoms with E-state index in [4.69, 9.17) is 11.6 Å². The molecule has 0 saturated carbocycles. The number of amides is 3. The second-order valence-electron chi connectivity index (χ2n) is 6.92. The first-order valence-electron chi connectivity index (χ1n) is 8.97. The van der Waals surface area contributed by atoms with Gasteiger partial charge in [-0.25, -0.2) is 4.98 Å². The lowest BCUT2D eigenvalue weighted by atomic mass is 10.1. The van der Waals surface area contributed by atoms with Gasteiger partial charge in [-0.05, 0) is 50.2 Å². The average molecular weight is 401 g/mol. The summed E-state index contributed by atoms with van der Waals surface area (Å²) < 4.78 is 0. The summed E-state index contributed by atoms with van der Waals surface area (Å²) >= 11 is 5.77. The number of hydrogen-bond donors (Lipinski definition) is 2. The lowest BCUT2D eigenvalue weighted by molar-refractivity contribution is -0.129.